The maximum absolute atomic E-state index is 13.5. The molecule has 172 valence electrons. The monoisotopic (exact) mass is 438 g/mol. The van der Waals surface area contributed by atoms with E-state index < -0.39 is 0 Å². The van der Waals surface area contributed by atoms with Crippen molar-refractivity contribution in [3.8, 4) is 5.75 Å². The van der Waals surface area contributed by atoms with Gasteiger partial charge in [0, 0.05) is 64.0 Å². The van der Waals surface area contributed by atoms with Crippen molar-refractivity contribution in [3.05, 3.63) is 63.6 Å². The van der Waals surface area contributed by atoms with Crippen LogP contribution in [0.25, 0.3) is 0 Å². The SMILES string of the molecule is COc1cc(=O)n2c(c1C(=O)N1CCN(C)CC1)CCN(CCCc1ccccc1)CC2. The van der Waals surface area contributed by atoms with E-state index in [9.17, 15) is 9.59 Å². The van der Waals surface area contributed by atoms with Crippen molar-refractivity contribution in [2.75, 3.05) is 60.0 Å². The molecule has 2 aromatic rings. The summed E-state index contributed by atoms with van der Waals surface area (Å²) in [4.78, 5) is 32.8. The molecular formula is C25H34N4O3. The van der Waals surface area contributed by atoms with Crippen LogP contribution in [0.5, 0.6) is 5.75 Å². The van der Waals surface area contributed by atoms with Crippen LogP contribution in [0.3, 0.4) is 0 Å². The van der Waals surface area contributed by atoms with E-state index in [1.165, 1.54) is 11.6 Å². The van der Waals surface area contributed by atoms with Gasteiger partial charge in [-0.05, 0) is 32.0 Å². The van der Waals surface area contributed by atoms with Crippen LogP contribution in [0.1, 0.15) is 28.0 Å². The molecule has 1 fully saturated rings. The van der Waals surface area contributed by atoms with Crippen molar-refractivity contribution < 1.29 is 9.53 Å². The van der Waals surface area contributed by atoms with Gasteiger partial charge in [-0.15, -0.1) is 0 Å². The van der Waals surface area contributed by atoms with E-state index in [1.807, 2.05) is 11.0 Å². The summed E-state index contributed by atoms with van der Waals surface area (Å²) in [5.41, 5.74) is 2.66. The highest BCUT2D eigenvalue weighted by Crippen LogP contribution is 2.25. The number of benzene rings is 1. The van der Waals surface area contributed by atoms with Crippen molar-refractivity contribution in [2.24, 2.45) is 0 Å². The van der Waals surface area contributed by atoms with Crippen LogP contribution in [0.4, 0.5) is 0 Å². The van der Waals surface area contributed by atoms with Crippen LogP contribution in [0, 0.1) is 0 Å². The Hall–Kier alpha value is -2.64. The van der Waals surface area contributed by atoms with E-state index in [0.717, 1.165) is 51.3 Å². The van der Waals surface area contributed by atoms with E-state index in [0.29, 0.717) is 37.4 Å². The number of nitrogens with zero attached hydrogens (tertiary/aromatic N) is 4. The molecule has 1 aromatic heterocycles. The molecule has 2 aliphatic rings. The van der Waals surface area contributed by atoms with Crippen molar-refractivity contribution in [1.82, 2.24) is 19.3 Å². The topological polar surface area (TPSA) is 58.0 Å². The minimum atomic E-state index is -0.0853. The second kappa shape index (κ2) is 10.3. The number of fused-ring (bicyclic) bond motifs is 1. The summed E-state index contributed by atoms with van der Waals surface area (Å²) in [6.45, 7) is 6.35. The van der Waals surface area contributed by atoms with E-state index >= 15 is 0 Å². The summed E-state index contributed by atoms with van der Waals surface area (Å²) < 4.78 is 7.32. The zero-order valence-corrected chi connectivity index (χ0v) is 19.3. The lowest BCUT2D eigenvalue weighted by Crippen LogP contribution is -2.47. The third kappa shape index (κ3) is 5.05. The number of piperazine rings is 1. The van der Waals surface area contributed by atoms with Gasteiger partial charge in [-0.2, -0.15) is 0 Å². The first-order valence-electron chi connectivity index (χ1n) is 11.6. The molecule has 0 aliphatic carbocycles. The number of aryl methyl sites for hydroxylation is 1. The number of hydrogen-bond donors (Lipinski definition) is 0. The van der Waals surface area contributed by atoms with Crippen molar-refractivity contribution in [3.63, 3.8) is 0 Å². The molecule has 4 rings (SSSR count). The number of amides is 1. The smallest absolute Gasteiger partial charge is 0.259 e. The second-order valence-corrected chi connectivity index (χ2v) is 8.80. The number of aromatic nitrogens is 1. The predicted molar refractivity (Wildman–Crippen MR) is 126 cm³/mol. The van der Waals surface area contributed by atoms with Gasteiger partial charge in [0.05, 0.1) is 7.11 Å². The van der Waals surface area contributed by atoms with Crippen LogP contribution >= 0.6 is 0 Å². The van der Waals surface area contributed by atoms with Gasteiger partial charge in [0.15, 0.2) is 0 Å². The Bertz CT molecular complexity index is 981. The van der Waals surface area contributed by atoms with Gasteiger partial charge in [0.1, 0.15) is 11.3 Å². The van der Waals surface area contributed by atoms with Gasteiger partial charge in [0.2, 0.25) is 0 Å². The summed E-state index contributed by atoms with van der Waals surface area (Å²) in [7, 11) is 3.61. The van der Waals surface area contributed by atoms with Crippen LogP contribution in [-0.2, 0) is 19.4 Å². The molecule has 1 aromatic carbocycles. The quantitative estimate of drug-likeness (QED) is 0.688. The lowest BCUT2D eigenvalue weighted by atomic mass is 10.1. The number of carbonyl (C=O) groups excluding carboxylic acids is 1. The molecule has 0 spiro atoms. The first kappa shape index (κ1) is 22.6. The Morgan fingerprint density at radius 1 is 1.00 bits per heavy atom. The van der Waals surface area contributed by atoms with E-state index in [4.69, 9.17) is 4.74 Å². The third-order valence-corrected chi connectivity index (χ3v) is 6.69. The number of methoxy groups -OCH3 is 1. The maximum Gasteiger partial charge on any atom is 0.259 e. The summed E-state index contributed by atoms with van der Waals surface area (Å²) in [5.74, 6) is 0.388. The van der Waals surface area contributed by atoms with Crippen LogP contribution in [0.15, 0.2) is 41.2 Å². The zero-order chi connectivity index (χ0) is 22.5. The van der Waals surface area contributed by atoms with E-state index in [-0.39, 0.29) is 11.5 Å². The van der Waals surface area contributed by atoms with E-state index in [1.54, 1.807) is 11.7 Å². The molecule has 7 heteroatoms. The van der Waals surface area contributed by atoms with Crippen LogP contribution < -0.4 is 10.3 Å². The third-order valence-electron chi connectivity index (χ3n) is 6.69. The van der Waals surface area contributed by atoms with Gasteiger partial charge >= 0.3 is 0 Å². The number of carbonyl (C=O) groups is 1. The molecule has 0 bridgehead atoms. The normalized spacial score (nSPS) is 17.6. The fourth-order valence-electron chi connectivity index (χ4n) is 4.73. The molecule has 0 unspecified atom stereocenters. The molecule has 1 saturated heterocycles. The van der Waals surface area contributed by atoms with Crippen molar-refractivity contribution >= 4 is 5.91 Å². The Labute approximate surface area is 190 Å². The molecule has 0 atom stereocenters. The summed E-state index contributed by atoms with van der Waals surface area (Å²) in [6.07, 6.45) is 2.80. The first-order valence-corrected chi connectivity index (χ1v) is 11.6. The lowest BCUT2D eigenvalue weighted by molar-refractivity contribution is 0.0658. The van der Waals surface area contributed by atoms with Gasteiger partial charge in [-0.25, -0.2) is 0 Å². The minimum Gasteiger partial charge on any atom is -0.496 e. The Balaban J connectivity index is 1.50. The number of rotatable bonds is 6. The lowest BCUT2D eigenvalue weighted by Gasteiger charge is -2.33. The molecular weight excluding hydrogens is 404 g/mol. The highest BCUT2D eigenvalue weighted by atomic mass is 16.5. The Kier molecular flexibility index (Phi) is 7.27. The number of ether oxygens (including phenoxy) is 1. The van der Waals surface area contributed by atoms with Gasteiger partial charge in [0.25, 0.3) is 11.5 Å². The zero-order valence-electron chi connectivity index (χ0n) is 19.3. The summed E-state index contributed by atoms with van der Waals surface area (Å²) >= 11 is 0. The molecule has 3 heterocycles. The molecule has 1 amide bonds. The highest BCUT2D eigenvalue weighted by Gasteiger charge is 2.29. The molecule has 0 radical (unpaired) electrons. The maximum atomic E-state index is 13.5. The summed E-state index contributed by atoms with van der Waals surface area (Å²) in [5, 5.41) is 0. The average molecular weight is 439 g/mol. The number of likely N-dealkylation sites (N-methyl/N-ethyl adjacent to an activating group) is 1. The van der Waals surface area contributed by atoms with Gasteiger partial charge in [-0.1, -0.05) is 30.3 Å². The van der Waals surface area contributed by atoms with Crippen LogP contribution in [0.2, 0.25) is 0 Å². The standard InChI is InChI=1S/C25H34N4O3/c1-26-13-16-28(17-14-26)25(31)24-21-10-12-27(11-6-9-20-7-4-3-5-8-20)15-18-29(21)23(30)19-22(24)32-2/h3-5,7-8,19H,6,9-18H2,1-2H3. The molecule has 2 aliphatic heterocycles. The minimum absolute atomic E-state index is 0.0174. The second-order valence-electron chi connectivity index (χ2n) is 8.80. The molecule has 7 nitrogen and oxygen atoms in total. The largest absolute Gasteiger partial charge is 0.496 e. The average Bonchev–Trinajstić information content (AvgIpc) is 3.03. The molecule has 0 N–H and O–H groups in total. The predicted octanol–water partition coefficient (Wildman–Crippen LogP) is 1.74. The van der Waals surface area contributed by atoms with Crippen molar-refractivity contribution in [1.29, 1.82) is 0 Å². The fourth-order valence-corrected chi connectivity index (χ4v) is 4.73. The molecule has 32 heavy (non-hydrogen) atoms. The summed E-state index contributed by atoms with van der Waals surface area (Å²) in [6, 6.07) is 12.0. The Morgan fingerprint density at radius 2 is 1.75 bits per heavy atom. The highest BCUT2D eigenvalue weighted by molar-refractivity contribution is 5.98. The molecule has 0 saturated carbocycles. The van der Waals surface area contributed by atoms with Gasteiger partial charge in [-0.3, -0.25) is 9.59 Å². The first-order chi connectivity index (χ1) is 15.6. The number of pyridine rings is 1. The van der Waals surface area contributed by atoms with Crippen molar-refractivity contribution in [2.45, 2.75) is 25.8 Å². The van der Waals surface area contributed by atoms with Gasteiger partial charge < -0.3 is 24.0 Å². The Morgan fingerprint density at radius 3 is 2.47 bits per heavy atom. The van der Waals surface area contributed by atoms with E-state index in [2.05, 4.69) is 41.1 Å². The number of hydrogen-bond acceptors (Lipinski definition) is 5. The fraction of sp³-hybridized carbons (Fsp3) is 0.520. The van der Waals surface area contributed by atoms with Crippen LogP contribution in [-0.4, -0.2) is 85.1 Å².